The van der Waals surface area contributed by atoms with Crippen LogP contribution in [0.15, 0.2) is 54.6 Å². The van der Waals surface area contributed by atoms with Gasteiger partial charge in [-0.2, -0.15) is 0 Å². The normalized spacial score (nSPS) is 12.8. The van der Waals surface area contributed by atoms with Gasteiger partial charge in [-0.3, -0.25) is 19.7 Å². The fraction of sp³-hybridized carbons (Fsp3) is 0.360. The molecule has 2 aromatic rings. The Kier molecular flexibility index (Phi) is 11.6. The molecule has 0 fully saturated rings. The number of rotatable bonds is 13. The molecule has 2 aromatic carbocycles. The summed E-state index contributed by atoms with van der Waals surface area (Å²) in [5.41, 5.74) is 0.896. The highest BCUT2D eigenvalue weighted by molar-refractivity contribution is 5.86. The average molecular weight is 532 g/mol. The zero-order chi connectivity index (χ0) is 28.1. The minimum atomic E-state index is -1.39. The molecule has 38 heavy (non-hydrogen) atoms. The summed E-state index contributed by atoms with van der Waals surface area (Å²) in [6.07, 6.45) is -2.98. The molecule has 0 aromatic heterocycles. The number of nitrogens with zero attached hydrogens (tertiary/aromatic N) is 1. The number of methoxy groups -OCH3 is 2. The van der Waals surface area contributed by atoms with Gasteiger partial charge in [0.15, 0.2) is 0 Å². The highest BCUT2D eigenvalue weighted by Gasteiger charge is 2.34. The Hall–Kier alpha value is -4.52. The van der Waals surface area contributed by atoms with Gasteiger partial charge >= 0.3 is 18.0 Å². The second-order valence-corrected chi connectivity index (χ2v) is 8.10. The second kappa shape index (κ2) is 14.9. The van der Waals surface area contributed by atoms with Gasteiger partial charge < -0.3 is 30.0 Å². The molecule has 13 heteroatoms. The van der Waals surface area contributed by atoms with Gasteiger partial charge in [0.25, 0.3) is 5.69 Å². The van der Waals surface area contributed by atoms with Crippen LogP contribution in [0, 0.1) is 10.1 Å². The summed E-state index contributed by atoms with van der Waals surface area (Å²) in [5, 5.41) is 26.0. The number of ether oxygens (including phenoxy) is 3. The van der Waals surface area contributed by atoms with Crippen molar-refractivity contribution in [3.63, 3.8) is 0 Å². The number of aliphatic hydroxyl groups is 1. The molecule has 13 nitrogen and oxygen atoms in total. The monoisotopic (exact) mass is 531 g/mol. The van der Waals surface area contributed by atoms with Gasteiger partial charge in [-0.05, 0) is 11.1 Å². The minimum absolute atomic E-state index is 0.0221. The zero-order valence-corrected chi connectivity index (χ0v) is 20.8. The van der Waals surface area contributed by atoms with Gasteiger partial charge in [0.05, 0.1) is 38.1 Å². The van der Waals surface area contributed by atoms with Crippen molar-refractivity contribution in [1.29, 1.82) is 0 Å². The van der Waals surface area contributed by atoms with E-state index in [9.17, 15) is 34.4 Å². The van der Waals surface area contributed by atoms with Gasteiger partial charge in [0.1, 0.15) is 12.6 Å². The minimum Gasteiger partial charge on any atom is -0.469 e. The van der Waals surface area contributed by atoms with E-state index in [4.69, 9.17) is 14.2 Å². The molecule has 0 radical (unpaired) electrons. The summed E-state index contributed by atoms with van der Waals surface area (Å²) in [6.45, 7) is -0.286. The maximum atomic E-state index is 12.6. The predicted octanol–water partition coefficient (Wildman–Crippen LogP) is 1.58. The molecule has 0 aliphatic carbocycles. The summed E-state index contributed by atoms with van der Waals surface area (Å²) < 4.78 is 14.5. The van der Waals surface area contributed by atoms with Crippen LogP contribution in [0.5, 0.6) is 0 Å². The van der Waals surface area contributed by atoms with Gasteiger partial charge in [-0.1, -0.05) is 42.5 Å². The fourth-order valence-corrected chi connectivity index (χ4v) is 3.48. The quantitative estimate of drug-likeness (QED) is 0.148. The van der Waals surface area contributed by atoms with E-state index in [1.165, 1.54) is 24.3 Å². The lowest BCUT2D eigenvalue weighted by molar-refractivity contribution is -0.384. The number of hydrogen-bond donors (Lipinski definition) is 3. The first-order valence-electron chi connectivity index (χ1n) is 11.5. The first kappa shape index (κ1) is 29.7. The molecular formula is C25H29N3O10. The van der Waals surface area contributed by atoms with E-state index in [2.05, 4.69) is 10.6 Å². The molecule has 2 amide bonds. The Bertz CT molecular complexity index is 1110. The van der Waals surface area contributed by atoms with Crippen LogP contribution in [-0.4, -0.2) is 66.9 Å². The number of benzene rings is 2. The van der Waals surface area contributed by atoms with Crippen molar-refractivity contribution in [3.8, 4) is 0 Å². The molecule has 0 saturated heterocycles. The third-order valence-corrected chi connectivity index (χ3v) is 5.44. The van der Waals surface area contributed by atoms with Crippen molar-refractivity contribution < 1.29 is 43.4 Å². The summed E-state index contributed by atoms with van der Waals surface area (Å²) in [4.78, 5) is 59.5. The molecular weight excluding hydrogens is 502 g/mol. The van der Waals surface area contributed by atoms with Crippen LogP contribution < -0.4 is 10.6 Å². The SMILES string of the molecule is COC(=O)C[C@H](c1ccc([N+](=O)[O-])cc1)[C@@H](NC(=O)C[C@H](O)CNC(=O)OCc1ccccc1)C(=O)OC. The zero-order valence-electron chi connectivity index (χ0n) is 20.8. The molecule has 0 spiro atoms. The molecule has 204 valence electrons. The standard InChI is InChI=1S/C25H29N3O10/c1-36-22(31)13-20(17-8-10-18(11-9-17)28(34)35)23(24(32)37-2)27-21(30)12-19(29)14-26-25(33)38-15-16-6-4-3-5-7-16/h3-11,19-20,23,29H,12-15H2,1-2H3,(H,26,33)(H,27,30)/t19-,20+,23+/m0/s1. The van der Waals surface area contributed by atoms with E-state index >= 15 is 0 Å². The van der Waals surface area contributed by atoms with Crippen LogP contribution in [0.1, 0.15) is 29.9 Å². The van der Waals surface area contributed by atoms with E-state index in [-0.39, 0.29) is 25.3 Å². The van der Waals surface area contributed by atoms with Gasteiger partial charge in [-0.25, -0.2) is 9.59 Å². The smallest absolute Gasteiger partial charge is 0.407 e. The maximum absolute atomic E-state index is 12.6. The van der Waals surface area contributed by atoms with E-state index < -0.39 is 53.3 Å². The number of nitro groups is 1. The number of amides is 2. The number of esters is 2. The lowest BCUT2D eigenvalue weighted by atomic mass is 9.88. The number of hydrogen-bond acceptors (Lipinski definition) is 10. The van der Waals surface area contributed by atoms with E-state index in [1.807, 2.05) is 6.07 Å². The fourth-order valence-electron chi connectivity index (χ4n) is 3.48. The van der Waals surface area contributed by atoms with Gasteiger partial charge in [0, 0.05) is 24.6 Å². The molecule has 0 aliphatic heterocycles. The Labute approximate surface area is 218 Å². The van der Waals surface area contributed by atoms with Crippen LogP contribution in [0.2, 0.25) is 0 Å². The Balaban J connectivity index is 2.03. The van der Waals surface area contributed by atoms with Crippen LogP contribution in [0.3, 0.4) is 0 Å². The number of alkyl carbamates (subject to hydrolysis) is 1. The molecule has 0 bridgehead atoms. The number of nitrogens with one attached hydrogen (secondary N) is 2. The lowest BCUT2D eigenvalue weighted by Gasteiger charge is -2.26. The van der Waals surface area contributed by atoms with E-state index in [1.54, 1.807) is 24.3 Å². The highest BCUT2D eigenvalue weighted by atomic mass is 16.6. The van der Waals surface area contributed by atoms with Crippen molar-refractivity contribution in [2.45, 2.75) is 37.5 Å². The van der Waals surface area contributed by atoms with Crippen molar-refractivity contribution in [2.75, 3.05) is 20.8 Å². The average Bonchev–Trinajstić information content (AvgIpc) is 2.92. The number of carbonyl (C=O) groups is 4. The molecule has 0 unspecified atom stereocenters. The Morgan fingerprint density at radius 3 is 2.21 bits per heavy atom. The van der Waals surface area contributed by atoms with Gasteiger partial charge in [0.2, 0.25) is 5.91 Å². The van der Waals surface area contributed by atoms with Crippen LogP contribution in [-0.2, 0) is 35.2 Å². The molecule has 3 atom stereocenters. The molecule has 0 aliphatic rings. The van der Waals surface area contributed by atoms with Crippen molar-refractivity contribution in [1.82, 2.24) is 10.6 Å². The predicted molar refractivity (Wildman–Crippen MR) is 132 cm³/mol. The van der Waals surface area contributed by atoms with Crippen molar-refractivity contribution in [2.24, 2.45) is 0 Å². The van der Waals surface area contributed by atoms with Crippen LogP contribution in [0.4, 0.5) is 10.5 Å². The largest absolute Gasteiger partial charge is 0.469 e. The Morgan fingerprint density at radius 1 is 0.974 bits per heavy atom. The Morgan fingerprint density at radius 2 is 1.63 bits per heavy atom. The number of nitro benzene ring substituents is 1. The number of carbonyl (C=O) groups excluding carboxylic acids is 4. The summed E-state index contributed by atoms with van der Waals surface area (Å²) in [6, 6.07) is 12.7. The molecule has 0 heterocycles. The molecule has 0 saturated carbocycles. The van der Waals surface area contributed by atoms with E-state index in [0.717, 1.165) is 19.8 Å². The van der Waals surface area contributed by atoms with E-state index in [0.29, 0.717) is 5.56 Å². The third-order valence-electron chi connectivity index (χ3n) is 5.44. The first-order valence-corrected chi connectivity index (χ1v) is 11.5. The summed E-state index contributed by atoms with van der Waals surface area (Å²) >= 11 is 0. The first-order chi connectivity index (χ1) is 18.1. The third kappa shape index (κ3) is 9.50. The van der Waals surface area contributed by atoms with Crippen LogP contribution in [0.25, 0.3) is 0 Å². The topological polar surface area (TPSA) is 183 Å². The number of non-ortho nitro benzene ring substituents is 1. The summed E-state index contributed by atoms with van der Waals surface area (Å²) in [7, 11) is 2.24. The second-order valence-electron chi connectivity index (χ2n) is 8.10. The van der Waals surface area contributed by atoms with Gasteiger partial charge in [-0.15, -0.1) is 0 Å². The maximum Gasteiger partial charge on any atom is 0.407 e. The molecule has 3 N–H and O–H groups in total. The van der Waals surface area contributed by atoms with Crippen molar-refractivity contribution >= 4 is 29.6 Å². The molecule has 2 rings (SSSR count). The summed E-state index contributed by atoms with van der Waals surface area (Å²) in [5.74, 6) is -3.36. The number of aliphatic hydroxyl groups excluding tert-OH is 1. The highest BCUT2D eigenvalue weighted by Crippen LogP contribution is 2.27. The lowest BCUT2D eigenvalue weighted by Crippen LogP contribution is -2.47. The van der Waals surface area contributed by atoms with Crippen molar-refractivity contribution in [3.05, 3.63) is 75.8 Å². The van der Waals surface area contributed by atoms with Crippen LogP contribution >= 0.6 is 0 Å².